The van der Waals surface area contributed by atoms with Gasteiger partial charge < -0.3 is 0 Å². The number of carbonyl (C=O) groups excluding carboxylic acids is 1. The Labute approximate surface area is 108 Å². The van der Waals surface area contributed by atoms with Gasteiger partial charge in [-0.15, -0.1) is 0 Å². The highest BCUT2D eigenvalue weighted by atomic mass is 19.1. The summed E-state index contributed by atoms with van der Waals surface area (Å²) in [5, 5.41) is 0. The van der Waals surface area contributed by atoms with Gasteiger partial charge in [-0.1, -0.05) is 0 Å². The van der Waals surface area contributed by atoms with Crippen LogP contribution in [0.5, 0.6) is 0 Å². The lowest BCUT2D eigenvalue weighted by Gasteiger charge is -2.08. The molecule has 4 nitrogen and oxygen atoms in total. The number of amides is 1. The minimum atomic E-state index is -0.606. The van der Waals surface area contributed by atoms with Crippen molar-refractivity contribution in [2.75, 3.05) is 5.43 Å². The summed E-state index contributed by atoms with van der Waals surface area (Å²) in [5.74, 6) is -1.40. The molecule has 98 valence electrons. The Morgan fingerprint density at radius 3 is 2.63 bits per heavy atom. The molecule has 0 aliphatic carbocycles. The number of nitrogens with zero attached hydrogens (tertiary/aromatic N) is 1. The maximum atomic E-state index is 13.1. The van der Waals surface area contributed by atoms with Gasteiger partial charge >= 0.3 is 0 Å². The number of hydrogen-bond acceptors (Lipinski definition) is 3. The number of carbonyl (C=O) groups is 1. The molecule has 0 atom stereocenters. The minimum Gasteiger partial charge on any atom is -0.297 e. The van der Waals surface area contributed by atoms with Crippen LogP contribution in [0.3, 0.4) is 0 Å². The number of nitrogens with one attached hydrogen (secondary N) is 2. The fourth-order valence-corrected chi connectivity index (χ4v) is 1.44. The molecule has 1 heterocycles. The first kappa shape index (κ1) is 12.9. The third-order valence-electron chi connectivity index (χ3n) is 2.47. The molecule has 0 aliphatic rings. The molecule has 6 heteroatoms. The van der Waals surface area contributed by atoms with Crippen LogP contribution >= 0.6 is 0 Å². The van der Waals surface area contributed by atoms with Gasteiger partial charge in [-0.3, -0.25) is 15.6 Å². The Hall–Kier alpha value is -2.50. The van der Waals surface area contributed by atoms with E-state index in [1.807, 2.05) is 0 Å². The average Bonchev–Trinajstić information content (AvgIpc) is 2.41. The number of halogens is 2. The van der Waals surface area contributed by atoms with Crippen molar-refractivity contribution in [2.45, 2.75) is 6.92 Å². The lowest BCUT2D eigenvalue weighted by Crippen LogP contribution is -2.29. The Morgan fingerprint density at radius 2 is 2.00 bits per heavy atom. The molecule has 0 bridgehead atoms. The summed E-state index contributed by atoms with van der Waals surface area (Å²) in [7, 11) is 0. The molecular formula is C13H11F2N3O. The molecule has 0 fully saturated rings. The van der Waals surface area contributed by atoms with Gasteiger partial charge in [-0.25, -0.2) is 9.37 Å². The Balaban J connectivity index is 2.01. The predicted octanol–water partition coefficient (Wildman–Crippen LogP) is 2.43. The van der Waals surface area contributed by atoms with Crippen molar-refractivity contribution < 1.29 is 13.6 Å². The molecule has 0 spiro atoms. The van der Waals surface area contributed by atoms with Crippen LogP contribution < -0.4 is 10.9 Å². The minimum absolute atomic E-state index is 0.321. The van der Waals surface area contributed by atoms with E-state index in [4.69, 9.17) is 0 Å². The highest BCUT2D eigenvalue weighted by Gasteiger charge is 2.07. The van der Waals surface area contributed by atoms with Gasteiger partial charge in [0.05, 0.1) is 11.9 Å². The first-order valence-electron chi connectivity index (χ1n) is 5.50. The molecule has 0 unspecified atom stereocenters. The predicted molar refractivity (Wildman–Crippen MR) is 66.4 cm³/mol. The normalized spacial score (nSPS) is 10.1. The molecule has 2 aromatic rings. The van der Waals surface area contributed by atoms with E-state index in [1.165, 1.54) is 30.5 Å². The molecule has 2 N–H and O–H groups in total. The number of rotatable bonds is 3. The number of hydrazine groups is 1. The summed E-state index contributed by atoms with van der Waals surface area (Å²) in [4.78, 5) is 15.2. The quantitative estimate of drug-likeness (QED) is 0.660. The second kappa shape index (κ2) is 5.43. The zero-order valence-electron chi connectivity index (χ0n) is 10.1. The van der Waals surface area contributed by atoms with Crippen molar-refractivity contribution in [2.24, 2.45) is 0 Å². The second-order valence-corrected chi connectivity index (χ2v) is 3.91. The standard InChI is InChI=1S/C13H11F2N3O/c1-8-6-9(2-4-11(8)14)13(19)18-17-10-3-5-12(15)16-7-10/h2-7,17H,1H3,(H,18,19). The summed E-state index contributed by atoms with van der Waals surface area (Å²) in [6.45, 7) is 1.57. The van der Waals surface area contributed by atoms with Crippen molar-refractivity contribution in [1.82, 2.24) is 10.4 Å². The van der Waals surface area contributed by atoms with Crippen LogP contribution in [0.4, 0.5) is 14.5 Å². The lowest BCUT2D eigenvalue weighted by molar-refractivity contribution is 0.0962. The number of hydrogen-bond donors (Lipinski definition) is 2. The third kappa shape index (κ3) is 3.25. The summed E-state index contributed by atoms with van der Waals surface area (Å²) >= 11 is 0. The Morgan fingerprint density at radius 1 is 1.21 bits per heavy atom. The number of anilines is 1. The van der Waals surface area contributed by atoms with Gasteiger partial charge in [0.1, 0.15) is 5.82 Å². The molecule has 0 saturated heterocycles. The summed E-state index contributed by atoms with van der Waals surface area (Å²) < 4.78 is 25.6. The van der Waals surface area contributed by atoms with E-state index in [9.17, 15) is 13.6 Å². The molecule has 1 amide bonds. The van der Waals surface area contributed by atoms with E-state index < -0.39 is 11.9 Å². The first-order chi connectivity index (χ1) is 9.06. The zero-order chi connectivity index (χ0) is 13.8. The summed E-state index contributed by atoms with van der Waals surface area (Å²) in [6.07, 6.45) is 1.24. The Bertz CT molecular complexity index is 599. The number of benzene rings is 1. The van der Waals surface area contributed by atoms with Crippen molar-refractivity contribution in [3.63, 3.8) is 0 Å². The smallest absolute Gasteiger partial charge is 0.269 e. The van der Waals surface area contributed by atoms with Crippen LogP contribution in [0.1, 0.15) is 15.9 Å². The van der Waals surface area contributed by atoms with Crippen molar-refractivity contribution in [3.8, 4) is 0 Å². The van der Waals surface area contributed by atoms with Crippen LogP contribution in [0.2, 0.25) is 0 Å². The molecule has 1 aromatic heterocycles. The van der Waals surface area contributed by atoms with Gasteiger partial charge in [0.2, 0.25) is 5.95 Å². The molecule has 1 aromatic carbocycles. The molecule has 0 radical (unpaired) electrons. The zero-order valence-corrected chi connectivity index (χ0v) is 10.1. The van der Waals surface area contributed by atoms with Gasteiger partial charge in [0, 0.05) is 5.56 Å². The number of aromatic nitrogens is 1. The van der Waals surface area contributed by atoms with Crippen molar-refractivity contribution in [1.29, 1.82) is 0 Å². The van der Waals surface area contributed by atoms with Gasteiger partial charge in [0.25, 0.3) is 5.91 Å². The largest absolute Gasteiger partial charge is 0.297 e. The van der Waals surface area contributed by atoms with E-state index >= 15 is 0 Å². The summed E-state index contributed by atoms with van der Waals surface area (Å²) in [5.41, 5.74) is 6.13. The monoisotopic (exact) mass is 263 g/mol. The van der Waals surface area contributed by atoms with Gasteiger partial charge in [-0.05, 0) is 42.8 Å². The topological polar surface area (TPSA) is 54.0 Å². The SMILES string of the molecule is Cc1cc(C(=O)NNc2ccc(F)nc2)ccc1F. The molecule has 0 saturated carbocycles. The third-order valence-corrected chi connectivity index (χ3v) is 2.47. The van der Waals surface area contributed by atoms with E-state index in [2.05, 4.69) is 15.8 Å². The van der Waals surface area contributed by atoms with Crippen LogP contribution in [0.15, 0.2) is 36.5 Å². The molecular weight excluding hydrogens is 252 g/mol. The van der Waals surface area contributed by atoms with Crippen LogP contribution in [0.25, 0.3) is 0 Å². The molecule has 2 rings (SSSR count). The second-order valence-electron chi connectivity index (χ2n) is 3.91. The number of aryl methyl sites for hydroxylation is 1. The van der Waals surface area contributed by atoms with E-state index in [0.29, 0.717) is 16.8 Å². The van der Waals surface area contributed by atoms with Gasteiger partial charge in [-0.2, -0.15) is 4.39 Å². The highest BCUT2D eigenvalue weighted by molar-refractivity contribution is 5.95. The highest BCUT2D eigenvalue weighted by Crippen LogP contribution is 2.09. The molecule has 0 aliphatic heterocycles. The van der Waals surface area contributed by atoms with E-state index in [-0.39, 0.29) is 5.82 Å². The first-order valence-corrected chi connectivity index (χ1v) is 5.50. The fourth-order valence-electron chi connectivity index (χ4n) is 1.44. The van der Waals surface area contributed by atoms with Crippen molar-refractivity contribution in [3.05, 3.63) is 59.4 Å². The maximum absolute atomic E-state index is 13.1. The van der Waals surface area contributed by atoms with Crippen LogP contribution in [0, 0.1) is 18.7 Å². The fraction of sp³-hybridized carbons (Fsp3) is 0.0769. The van der Waals surface area contributed by atoms with Gasteiger partial charge in [0.15, 0.2) is 0 Å². The average molecular weight is 263 g/mol. The number of pyridine rings is 1. The van der Waals surface area contributed by atoms with E-state index in [1.54, 1.807) is 6.92 Å². The van der Waals surface area contributed by atoms with E-state index in [0.717, 1.165) is 6.07 Å². The van der Waals surface area contributed by atoms with Crippen LogP contribution in [-0.4, -0.2) is 10.9 Å². The molecule has 19 heavy (non-hydrogen) atoms. The lowest BCUT2D eigenvalue weighted by atomic mass is 10.1. The van der Waals surface area contributed by atoms with Crippen molar-refractivity contribution >= 4 is 11.6 Å². The maximum Gasteiger partial charge on any atom is 0.269 e. The summed E-state index contributed by atoms with van der Waals surface area (Å²) in [6, 6.07) is 6.64. The van der Waals surface area contributed by atoms with Crippen LogP contribution in [-0.2, 0) is 0 Å². The Kier molecular flexibility index (Phi) is 3.70.